The average molecular weight is 338 g/mol. The smallest absolute Gasteiger partial charge is 0.271 e. The summed E-state index contributed by atoms with van der Waals surface area (Å²) in [6.07, 6.45) is 4.67. The van der Waals surface area contributed by atoms with Gasteiger partial charge in [0.2, 0.25) is 0 Å². The summed E-state index contributed by atoms with van der Waals surface area (Å²) in [5.74, 6) is 0.166. The topological polar surface area (TPSA) is 92.9 Å². The molecule has 0 aliphatic carbocycles. The Kier molecular flexibility index (Phi) is 5.01. The van der Waals surface area contributed by atoms with E-state index in [9.17, 15) is 9.90 Å². The van der Waals surface area contributed by atoms with Gasteiger partial charge in [0.1, 0.15) is 17.1 Å². The minimum absolute atomic E-state index is 0.00880. The van der Waals surface area contributed by atoms with Crippen LogP contribution in [-0.4, -0.2) is 37.3 Å². The van der Waals surface area contributed by atoms with Crippen molar-refractivity contribution in [2.75, 3.05) is 6.54 Å². The van der Waals surface area contributed by atoms with Gasteiger partial charge >= 0.3 is 0 Å². The number of nitrogens with one attached hydrogen (secondary N) is 1. The van der Waals surface area contributed by atoms with Crippen molar-refractivity contribution in [1.82, 2.24) is 25.1 Å². The van der Waals surface area contributed by atoms with Crippen LogP contribution in [-0.2, 0) is 12.6 Å². The largest absolute Gasteiger partial charge is 0.383 e. The maximum atomic E-state index is 12.3. The van der Waals surface area contributed by atoms with Gasteiger partial charge in [-0.3, -0.25) is 9.48 Å². The molecule has 0 aromatic carbocycles. The van der Waals surface area contributed by atoms with Crippen molar-refractivity contribution in [1.29, 1.82) is 0 Å². The fourth-order valence-corrected chi connectivity index (χ4v) is 2.13. The minimum Gasteiger partial charge on any atom is -0.383 e. The summed E-state index contributed by atoms with van der Waals surface area (Å²) in [6, 6.07) is 0. The highest BCUT2D eigenvalue weighted by molar-refractivity contribution is 6.33. The van der Waals surface area contributed by atoms with E-state index >= 15 is 0 Å². The van der Waals surface area contributed by atoms with Gasteiger partial charge in [0.05, 0.1) is 24.0 Å². The fourth-order valence-electron chi connectivity index (χ4n) is 1.96. The second-order valence-electron chi connectivity index (χ2n) is 5.94. The number of aliphatic hydroxyl groups is 1. The van der Waals surface area contributed by atoms with E-state index in [1.165, 1.54) is 6.20 Å². The molecule has 2 heterocycles. The molecule has 8 heteroatoms. The molecule has 0 aliphatic rings. The van der Waals surface area contributed by atoms with Crippen LogP contribution in [0.5, 0.6) is 0 Å². The van der Waals surface area contributed by atoms with Crippen LogP contribution < -0.4 is 5.32 Å². The second kappa shape index (κ2) is 6.64. The number of hydrogen-bond donors (Lipinski definition) is 2. The maximum absolute atomic E-state index is 12.3. The average Bonchev–Trinajstić information content (AvgIpc) is 2.92. The maximum Gasteiger partial charge on any atom is 0.271 e. The van der Waals surface area contributed by atoms with Gasteiger partial charge in [0.25, 0.3) is 5.91 Å². The molecule has 0 bridgehead atoms. The standard InChI is InChI=1S/C15H20ClN5O2/c1-9(2)13-17-6-11(16)12(20-13)14(22)18-8-15(3,23)10-5-19-21(4)7-10/h5-7,9,23H,8H2,1-4H3,(H,18,22). The fraction of sp³-hybridized carbons (Fsp3) is 0.467. The Labute approximate surface area is 139 Å². The summed E-state index contributed by atoms with van der Waals surface area (Å²) in [4.78, 5) is 20.6. The van der Waals surface area contributed by atoms with Crippen LogP contribution in [0, 0.1) is 0 Å². The summed E-state index contributed by atoms with van der Waals surface area (Å²) >= 11 is 6.00. The lowest BCUT2D eigenvalue weighted by Crippen LogP contribution is -2.39. The predicted molar refractivity (Wildman–Crippen MR) is 86.2 cm³/mol. The lowest BCUT2D eigenvalue weighted by molar-refractivity contribution is 0.0524. The number of nitrogens with zero attached hydrogens (tertiary/aromatic N) is 4. The molecular formula is C15H20ClN5O2. The molecule has 2 aromatic heterocycles. The van der Waals surface area contributed by atoms with Gasteiger partial charge in [-0.2, -0.15) is 5.10 Å². The van der Waals surface area contributed by atoms with E-state index in [0.717, 1.165) is 0 Å². The monoisotopic (exact) mass is 337 g/mol. The quantitative estimate of drug-likeness (QED) is 0.865. The lowest BCUT2D eigenvalue weighted by atomic mass is 10.00. The van der Waals surface area contributed by atoms with Crippen LogP contribution in [0.1, 0.15) is 48.6 Å². The zero-order chi connectivity index (χ0) is 17.2. The summed E-state index contributed by atoms with van der Waals surface area (Å²) in [6.45, 7) is 5.47. The van der Waals surface area contributed by atoms with Crippen LogP contribution in [0.4, 0.5) is 0 Å². The lowest BCUT2D eigenvalue weighted by Gasteiger charge is -2.22. The third-order valence-electron chi connectivity index (χ3n) is 3.41. The molecule has 2 aromatic rings. The van der Waals surface area contributed by atoms with E-state index in [4.69, 9.17) is 11.6 Å². The molecule has 1 unspecified atom stereocenters. The Hall–Kier alpha value is -1.99. The summed E-state index contributed by atoms with van der Waals surface area (Å²) in [7, 11) is 1.76. The molecule has 1 amide bonds. The molecule has 0 fully saturated rings. The van der Waals surface area contributed by atoms with Crippen molar-refractivity contribution in [3.63, 3.8) is 0 Å². The van der Waals surface area contributed by atoms with Crippen LogP contribution in [0.15, 0.2) is 18.6 Å². The first-order valence-electron chi connectivity index (χ1n) is 7.23. The van der Waals surface area contributed by atoms with Crippen LogP contribution in [0.25, 0.3) is 0 Å². The van der Waals surface area contributed by atoms with E-state index < -0.39 is 11.5 Å². The van der Waals surface area contributed by atoms with E-state index in [2.05, 4.69) is 20.4 Å². The molecule has 23 heavy (non-hydrogen) atoms. The highest BCUT2D eigenvalue weighted by Crippen LogP contribution is 2.20. The van der Waals surface area contributed by atoms with Gasteiger partial charge in [-0.15, -0.1) is 0 Å². The van der Waals surface area contributed by atoms with Crippen LogP contribution >= 0.6 is 11.6 Å². The van der Waals surface area contributed by atoms with Gasteiger partial charge in [-0.1, -0.05) is 25.4 Å². The molecule has 0 aliphatic heterocycles. The van der Waals surface area contributed by atoms with Crippen molar-refractivity contribution in [2.24, 2.45) is 7.05 Å². The second-order valence-corrected chi connectivity index (χ2v) is 6.35. The molecule has 2 rings (SSSR count). The summed E-state index contributed by atoms with van der Waals surface area (Å²) in [5, 5.41) is 17.3. The molecule has 124 valence electrons. The number of amides is 1. The Morgan fingerprint density at radius 2 is 2.17 bits per heavy atom. The van der Waals surface area contributed by atoms with Crippen molar-refractivity contribution < 1.29 is 9.90 Å². The molecule has 0 saturated heterocycles. The summed E-state index contributed by atoms with van der Waals surface area (Å²) in [5.41, 5.74) is -0.533. The van der Waals surface area contributed by atoms with Crippen molar-refractivity contribution >= 4 is 17.5 Å². The zero-order valence-corrected chi connectivity index (χ0v) is 14.3. The Morgan fingerprint density at radius 3 is 2.74 bits per heavy atom. The molecule has 0 spiro atoms. The van der Waals surface area contributed by atoms with Crippen molar-refractivity contribution in [3.05, 3.63) is 40.7 Å². The van der Waals surface area contributed by atoms with Crippen LogP contribution in [0.3, 0.4) is 0 Å². The number of rotatable bonds is 5. The summed E-state index contributed by atoms with van der Waals surface area (Å²) < 4.78 is 1.59. The van der Waals surface area contributed by atoms with Gasteiger partial charge in [0.15, 0.2) is 0 Å². The molecule has 7 nitrogen and oxygen atoms in total. The molecular weight excluding hydrogens is 318 g/mol. The highest BCUT2D eigenvalue weighted by atomic mass is 35.5. The van der Waals surface area contributed by atoms with Crippen molar-refractivity contribution in [3.8, 4) is 0 Å². The van der Waals surface area contributed by atoms with E-state index in [0.29, 0.717) is 11.4 Å². The van der Waals surface area contributed by atoms with Crippen molar-refractivity contribution in [2.45, 2.75) is 32.3 Å². The first kappa shape index (κ1) is 17.4. The number of hydrogen-bond acceptors (Lipinski definition) is 5. The number of aromatic nitrogens is 4. The first-order chi connectivity index (χ1) is 10.7. The minimum atomic E-state index is -1.25. The van der Waals surface area contributed by atoms with E-state index in [-0.39, 0.29) is 23.2 Å². The molecule has 0 saturated carbocycles. The Balaban J connectivity index is 2.12. The number of aryl methyl sites for hydroxylation is 1. The highest BCUT2D eigenvalue weighted by Gasteiger charge is 2.26. The van der Waals surface area contributed by atoms with Gasteiger partial charge in [-0.05, 0) is 6.92 Å². The first-order valence-corrected chi connectivity index (χ1v) is 7.60. The Morgan fingerprint density at radius 1 is 1.48 bits per heavy atom. The Bertz CT molecular complexity index is 712. The van der Waals surface area contributed by atoms with E-state index in [1.54, 1.807) is 31.0 Å². The molecule has 1 atom stereocenters. The predicted octanol–water partition coefficient (Wildman–Crippen LogP) is 1.62. The van der Waals surface area contributed by atoms with E-state index in [1.807, 2.05) is 13.8 Å². The normalized spacial score (nSPS) is 13.9. The third-order valence-corrected chi connectivity index (χ3v) is 3.69. The van der Waals surface area contributed by atoms with Gasteiger partial charge in [-0.25, -0.2) is 9.97 Å². The van der Waals surface area contributed by atoms with Crippen LogP contribution in [0.2, 0.25) is 5.02 Å². The number of halogens is 1. The third kappa shape index (κ3) is 4.05. The number of carbonyl (C=O) groups is 1. The molecule has 2 N–H and O–H groups in total. The van der Waals surface area contributed by atoms with Gasteiger partial charge in [0, 0.05) is 24.7 Å². The molecule has 0 radical (unpaired) electrons. The number of carbonyl (C=O) groups excluding carboxylic acids is 1. The SMILES string of the molecule is CC(C)c1ncc(Cl)c(C(=O)NCC(C)(O)c2cnn(C)c2)n1. The van der Waals surface area contributed by atoms with Gasteiger partial charge < -0.3 is 10.4 Å². The zero-order valence-electron chi connectivity index (χ0n) is 13.5.